The lowest BCUT2D eigenvalue weighted by Crippen LogP contribution is -2.52. The molecule has 0 aromatic carbocycles. The van der Waals surface area contributed by atoms with Gasteiger partial charge in [0.25, 0.3) is 0 Å². The van der Waals surface area contributed by atoms with Crippen LogP contribution >= 0.6 is 0 Å². The van der Waals surface area contributed by atoms with E-state index < -0.39 is 0 Å². The van der Waals surface area contributed by atoms with Gasteiger partial charge in [-0.3, -0.25) is 14.4 Å². The molecule has 1 unspecified atom stereocenters. The number of piperidine rings is 1. The molecular weight excluding hydrogens is 320 g/mol. The molecule has 1 saturated carbocycles. The van der Waals surface area contributed by atoms with Crippen molar-refractivity contribution >= 4 is 17.8 Å². The lowest BCUT2D eigenvalue weighted by Gasteiger charge is -2.42. The zero-order valence-corrected chi connectivity index (χ0v) is 15.3. The van der Waals surface area contributed by atoms with Crippen LogP contribution in [0.5, 0.6) is 0 Å². The number of amides is 2. The molecule has 3 aliphatic rings. The Kier molecular flexibility index (Phi) is 5.64. The molecule has 1 atom stereocenters. The molecule has 1 spiro atoms. The van der Waals surface area contributed by atoms with Crippen molar-refractivity contribution in [1.82, 2.24) is 9.80 Å². The predicted octanol–water partition coefficient (Wildman–Crippen LogP) is 1.97. The molecule has 25 heavy (non-hydrogen) atoms. The smallest absolute Gasteiger partial charge is 0.305 e. The maximum absolute atomic E-state index is 13.1. The highest BCUT2D eigenvalue weighted by Crippen LogP contribution is 2.41. The summed E-state index contributed by atoms with van der Waals surface area (Å²) in [5, 5.41) is 0. The standard InChI is InChI=1S/C19H30N2O4/c1-25-17(23)8-3-7-16(22)21-12-10-19(14-21)9-4-11-20(18(19)24)13-15-5-2-6-15/h15H,2-14H2,1H3. The van der Waals surface area contributed by atoms with Gasteiger partial charge in [0.15, 0.2) is 0 Å². The molecule has 0 radical (unpaired) electrons. The summed E-state index contributed by atoms with van der Waals surface area (Å²) in [4.78, 5) is 40.5. The third-order valence-corrected chi connectivity index (χ3v) is 6.23. The van der Waals surface area contributed by atoms with Gasteiger partial charge < -0.3 is 14.5 Å². The molecule has 1 aliphatic carbocycles. The second-order valence-corrected chi connectivity index (χ2v) is 7.93. The lowest BCUT2D eigenvalue weighted by molar-refractivity contribution is -0.147. The van der Waals surface area contributed by atoms with E-state index in [1.54, 1.807) is 0 Å². The Labute approximate surface area is 149 Å². The number of carbonyl (C=O) groups excluding carboxylic acids is 3. The van der Waals surface area contributed by atoms with E-state index in [9.17, 15) is 14.4 Å². The molecule has 2 saturated heterocycles. The maximum atomic E-state index is 13.1. The van der Waals surface area contributed by atoms with Crippen molar-refractivity contribution in [2.75, 3.05) is 33.3 Å². The molecular formula is C19H30N2O4. The van der Waals surface area contributed by atoms with E-state index in [0.29, 0.717) is 31.8 Å². The molecule has 2 heterocycles. The Bertz CT molecular complexity index is 532. The SMILES string of the molecule is COC(=O)CCCC(=O)N1CCC2(CCCN(CC3CCC3)C2=O)C1. The molecule has 3 rings (SSSR count). The average molecular weight is 350 g/mol. The summed E-state index contributed by atoms with van der Waals surface area (Å²) >= 11 is 0. The van der Waals surface area contributed by atoms with Gasteiger partial charge in [-0.1, -0.05) is 6.42 Å². The molecule has 3 fully saturated rings. The maximum Gasteiger partial charge on any atom is 0.305 e. The summed E-state index contributed by atoms with van der Waals surface area (Å²) in [6.45, 7) is 3.02. The van der Waals surface area contributed by atoms with E-state index in [-0.39, 0.29) is 29.6 Å². The highest BCUT2D eigenvalue weighted by Gasteiger charge is 2.49. The van der Waals surface area contributed by atoms with Crippen molar-refractivity contribution in [1.29, 1.82) is 0 Å². The number of nitrogens with zero attached hydrogens (tertiary/aromatic N) is 2. The Morgan fingerprint density at radius 1 is 1.16 bits per heavy atom. The number of likely N-dealkylation sites (tertiary alicyclic amines) is 2. The predicted molar refractivity (Wildman–Crippen MR) is 92.7 cm³/mol. The topological polar surface area (TPSA) is 66.9 Å². The number of esters is 1. The molecule has 0 bridgehead atoms. The van der Waals surface area contributed by atoms with Crippen LogP contribution in [0, 0.1) is 11.3 Å². The van der Waals surface area contributed by atoms with Crippen LogP contribution in [0.4, 0.5) is 0 Å². The highest BCUT2D eigenvalue weighted by molar-refractivity contribution is 5.86. The fourth-order valence-electron chi connectivity index (χ4n) is 4.42. The molecule has 0 N–H and O–H groups in total. The van der Waals surface area contributed by atoms with Crippen molar-refractivity contribution in [2.24, 2.45) is 11.3 Å². The van der Waals surface area contributed by atoms with Crippen LogP contribution in [0.1, 0.15) is 57.8 Å². The zero-order valence-electron chi connectivity index (χ0n) is 15.3. The Morgan fingerprint density at radius 2 is 1.96 bits per heavy atom. The molecule has 6 heteroatoms. The fourth-order valence-corrected chi connectivity index (χ4v) is 4.42. The summed E-state index contributed by atoms with van der Waals surface area (Å²) in [7, 11) is 1.36. The zero-order chi connectivity index (χ0) is 17.9. The summed E-state index contributed by atoms with van der Waals surface area (Å²) in [5.41, 5.74) is -0.347. The first-order chi connectivity index (χ1) is 12.0. The Hall–Kier alpha value is -1.59. The van der Waals surface area contributed by atoms with Gasteiger partial charge in [0.2, 0.25) is 11.8 Å². The van der Waals surface area contributed by atoms with E-state index in [4.69, 9.17) is 0 Å². The number of methoxy groups -OCH3 is 1. The summed E-state index contributed by atoms with van der Waals surface area (Å²) in [5.74, 6) is 0.747. The van der Waals surface area contributed by atoms with E-state index >= 15 is 0 Å². The quantitative estimate of drug-likeness (QED) is 0.687. The van der Waals surface area contributed by atoms with Crippen LogP contribution < -0.4 is 0 Å². The Balaban J connectivity index is 1.52. The van der Waals surface area contributed by atoms with Crippen LogP contribution in [0.25, 0.3) is 0 Å². The molecule has 2 aliphatic heterocycles. The second-order valence-electron chi connectivity index (χ2n) is 7.93. The number of hydrogen-bond donors (Lipinski definition) is 0. The minimum absolute atomic E-state index is 0.0599. The highest BCUT2D eigenvalue weighted by atomic mass is 16.5. The summed E-state index contributed by atoms with van der Waals surface area (Å²) in [6.07, 6.45) is 7.67. The first-order valence-electron chi connectivity index (χ1n) is 9.68. The minimum atomic E-state index is -0.347. The van der Waals surface area contributed by atoms with Crippen LogP contribution in [0.3, 0.4) is 0 Å². The van der Waals surface area contributed by atoms with Gasteiger partial charge >= 0.3 is 5.97 Å². The van der Waals surface area contributed by atoms with Crippen molar-refractivity contribution in [3.8, 4) is 0 Å². The largest absolute Gasteiger partial charge is 0.469 e. The van der Waals surface area contributed by atoms with Crippen LogP contribution in [0.15, 0.2) is 0 Å². The van der Waals surface area contributed by atoms with Crippen molar-refractivity contribution in [2.45, 2.75) is 57.8 Å². The number of carbonyl (C=O) groups is 3. The summed E-state index contributed by atoms with van der Waals surface area (Å²) in [6, 6.07) is 0. The first-order valence-corrected chi connectivity index (χ1v) is 9.68. The third kappa shape index (κ3) is 3.98. The van der Waals surface area contributed by atoms with Crippen molar-refractivity contribution in [3.63, 3.8) is 0 Å². The van der Waals surface area contributed by atoms with Crippen LogP contribution in [-0.4, -0.2) is 60.9 Å². The molecule has 140 valence electrons. The van der Waals surface area contributed by atoms with Gasteiger partial charge in [-0.2, -0.15) is 0 Å². The second kappa shape index (κ2) is 7.75. The van der Waals surface area contributed by atoms with Gasteiger partial charge in [-0.15, -0.1) is 0 Å². The number of rotatable bonds is 6. The number of ether oxygens (including phenoxy) is 1. The van der Waals surface area contributed by atoms with Crippen LogP contribution in [0.2, 0.25) is 0 Å². The Morgan fingerprint density at radius 3 is 2.64 bits per heavy atom. The molecule has 6 nitrogen and oxygen atoms in total. The van der Waals surface area contributed by atoms with E-state index in [1.807, 2.05) is 4.90 Å². The van der Waals surface area contributed by atoms with Gasteiger partial charge in [0, 0.05) is 39.0 Å². The normalized spacial score (nSPS) is 26.8. The lowest BCUT2D eigenvalue weighted by atomic mass is 9.77. The van der Waals surface area contributed by atoms with Gasteiger partial charge in [-0.25, -0.2) is 0 Å². The minimum Gasteiger partial charge on any atom is -0.469 e. The molecule has 0 aromatic heterocycles. The van der Waals surface area contributed by atoms with E-state index in [0.717, 1.165) is 32.4 Å². The molecule has 0 aromatic rings. The number of hydrogen-bond acceptors (Lipinski definition) is 4. The van der Waals surface area contributed by atoms with Crippen LogP contribution in [-0.2, 0) is 19.1 Å². The monoisotopic (exact) mass is 350 g/mol. The van der Waals surface area contributed by atoms with Crippen molar-refractivity contribution < 1.29 is 19.1 Å². The van der Waals surface area contributed by atoms with Gasteiger partial charge in [0.1, 0.15) is 0 Å². The van der Waals surface area contributed by atoms with E-state index in [1.165, 1.54) is 26.4 Å². The molecule has 2 amide bonds. The summed E-state index contributed by atoms with van der Waals surface area (Å²) < 4.78 is 4.60. The van der Waals surface area contributed by atoms with E-state index in [2.05, 4.69) is 9.64 Å². The first kappa shape index (κ1) is 18.2. The van der Waals surface area contributed by atoms with Gasteiger partial charge in [0.05, 0.1) is 12.5 Å². The van der Waals surface area contributed by atoms with Gasteiger partial charge in [-0.05, 0) is 44.4 Å². The van der Waals surface area contributed by atoms with Crippen molar-refractivity contribution in [3.05, 3.63) is 0 Å². The fraction of sp³-hybridized carbons (Fsp3) is 0.842. The average Bonchev–Trinajstić information content (AvgIpc) is 2.99. The third-order valence-electron chi connectivity index (χ3n) is 6.23.